The van der Waals surface area contributed by atoms with Crippen molar-refractivity contribution in [1.29, 1.82) is 0 Å². The standard InChI is InChI=1S/C10H22ClNO2S/c1-9(8-11)12(5)6-7-15(13,14)10(2,3)4/h9H,6-8H2,1-5H3. The Balaban J connectivity index is 4.29. The molecule has 0 spiro atoms. The van der Waals surface area contributed by atoms with Crippen LogP contribution in [0.4, 0.5) is 0 Å². The van der Waals surface area contributed by atoms with Crippen molar-refractivity contribution in [2.75, 3.05) is 25.2 Å². The maximum absolute atomic E-state index is 11.8. The summed E-state index contributed by atoms with van der Waals surface area (Å²) in [5.41, 5.74) is 0. The first-order valence-electron chi connectivity index (χ1n) is 5.10. The Bertz CT molecular complexity index is 282. The fraction of sp³-hybridized carbons (Fsp3) is 1.00. The van der Waals surface area contributed by atoms with Crippen LogP contribution < -0.4 is 0 Å². The lowest BCUT2D eigenvalue weighted by molar-refractivity contribution is 0.292. The van der Waals surface area contributed by atoms with Crippen LogP contribution in [0.3, 0.4) is 0 Å². The fourth-order valence-electron chi connectivity index (χ4n) is 0.909. The van der Waals surface area contributed by atoms with Gasteiger partial charge >= 0.3 is 0 Å². The van der Waals surface area contributed by atoms with Gasteiger partial charge in [0.15, 0.2) is 9.84 Å². The van der Waals surface area contributed by atoms with Crippen LogP contribution in [0.1, 0.15) is 27.7 Å². The lowest BCUT2D eigenvalue weighted by atomic mass is 10.3. The Hall–Kier alpha value is 0.200. The summed E-state index contributed by atoms with van der Waals surface area (Å²) in [7, 11) is -1.13. The molecule has 1 atom stereocenters. The molecule has 0 aromatic carbocycles. The van der Waals surface area contributed by atoms with Gasteiger partial charge in [0, 0.05) is 18.5 Å². The smallest absolute Gasteiger partial charge is 0.156 e. The SMILES string of the molecule is CC(CCl)N(C)CCS(=O)(=O)C(C)(C)C. The summed E-state index contributed by atoms with van der Waals surface area (Å²) in [5, 5.41) is 0. The second-order valence-corrected chi connectivity index (χ2v) is 8.09. The first-order valence-corrected chi connectivity index (χ1v) is 7.29. The molecule has 5 heteroatoms. The summed E-state index contributed by atoms with van der Waals surface area (Å²) >= 11 is 5.70. The predicted molar refractivity (Wildman–Crippen MR) is 66.4 cm³/mol. The van der Waals surface area contributed by atoms with E-state index in [1.54, 1.807) is 20.8 Å². The molecule has 0 amide bonds. The molecular weight excluding hydrogens is 234 g/mol. The van der Waals surface area contributed by atoms with E-state index in [9.17, 15) is 8.42 Å². The van der Waals surface area contributed by atoms with E-state index in [-0.39, 0.29) is 11.8 Å². The third-order valence-corrected chi connectivity index (χ3v) is 5.65. The average Bonchev–Trinajstić information content (AvgIpc) is 2.11. The molecule has 92 valence electrons. The Morgan fingerprint density at radius 2 is 1.80 bits per heavy atom. The van der Waals surface area contributed by atoms with Crippen molar-refractivity contribution < 1.29 is 8.42 Å². The number of hydrogen-bond donors (Lipinski definition) is 0. The molecule has 0 aliphatic carbocycles. The molecule has 0 radical (unpaired) electrons. The number of rotatable bonds is 5. The van der Waals surface area contributed by atoms with E-state index in [0.717, 1.165) is 0 Å². The van der Waals surface area contributed by atoms with Gasteiger partial charge in [-0.25, -0.2) is 8.42 Å². The minimum Gasteiger partial charge on any atom is -0.302 e. The van der Waals surface area contributed by atoms with Crippen molar-refractivity contribution >= 4 is 21.4 Å². The van der Waals surface area contributed by atoms with Gasteiger partial charge in [0.05, 0.1) is 10.5 Å². The second-order valence-electron chi connectivity index (χ2n) is 4.92. The van der Waals surface area contributed by atoms with Crippen molar-refractivity contribution in [3.05, 3.63) is 0 Å². The Labute approximate surface area is 98.7 Å². The van der Waals surface area contributed by atoms with E-state index < -0.39 is 14.6 Å². The Kier molecular flexibility index (Phi) is 5.58. The first kappa shape index (κ1) is 15.2. The second kappa shape index (κ2) is 5.51. The molecule has 3 nitrogen and oxygen atoms in total. The zero-order chi connectivity index (χ0) is 12.3. The van der Waals surface area contributed by atoms with Crippen LogP contribution in [-0.4, -0.2) is 49.3 Å². The van der Waals surface area contributed by atoms with E-state index in [2.05, 4.69) is 0 Å². The normalized spacial score (nSPS) is 15.7. The first-order chi connectivity index (χ1) is 6.62. The van der Waals surface area contributed by atoms with Gasteiger partial charge in [-0.15, -0.1) is 11.6 Å². The number of hydrogen-bond acceptors (Lipinski definition) is 3. The maximum Gasteiger partial charge on any atom is 0.156 e. The molecular formula is C10H22ClNO2S. The largest absolute Gasteiger partial charge is 0.302 e. The minimum atomic E-state index is -3.02. The molecule has 0 aromatic rings. The van der Waals surface area contributed by atoms with Crippen LogP contribution in [0.25, 0.3) is 0 Å². The molecule has 1 unspecified atom stereocenters. The summed E-state index contributed by atoms with van der Waals surface area (Å²) in [5.74, 6) is 0.709. The molecule has 0 saturated heterocycles. The molecule has 0 N–H and O–H groups in total. The summed E-state index contributed by atoms with van der Waals surface area (Å²) < 4.78 is 22.9. The van der Waals surface area contributed by atoms with E-state index in [4.69, 9.17) is 11.6 Å². The fourth-order valence-corrected chi connectivity index (χ4v) is 2.28. The molecule has 0 aliphatic rings. The van der Waals surface area contributed by atoms with Gasteiger partial charge in [-0.3, -0.25) is 0 Å². The zero-order valence-corrected chi connectivity index (χ0v) is 11.8. The van der Waals surface area contributed by atoms with Crippen molar-refractivity contribution in [2.45, 2.75) is 38.5 Å². The lowest BCUT2D eigenvalue weighted by Crippen LogP contribution is -2.38. The van der Waals surface area contributed by atoms with E-state index >= 15 is 0 Å². The molecule has 0 rings (SSSR count). The average molecular weight is 256 g/mol. The Morgan fingerprint density at radius 3 is 2.13 bits per heavy atom. The summed E-state index contributed by atoms with van der Waals surface area (Å²) in [6.07, 6.45) is 0. The van der Waals surface area contributed by atoms with Gasteiger partial charge in [0.1, 0.15) is 0 Å². The number of alkyl halides is 1. The van der Waals surface area contributed by atoms with Gasteiger partial charge in [0.2, 0.25) is 0 Å². The van der Waals surface area contributed by atoms with Crippen molar-refractivity contribution in [3.8, 4) is 0 Å². The number of nitrogens with zero attached hydrogens (tertiary/aromatic N) is 1. The third kappa shape index (κ3) is 4.70. The van der Waals surface area contributed by atoms with Crippen LogP contribution in [0.2, 0.25) is 0 Å². The molecule has 0 heterocycles. The Morgan fingerprint density at radius 1 is 1.33 bits per heavy atom. The molecule has 0 saturated carbocycles. The van der Waals surface area contributed by atoms with Crippen molar-refractivity contribution in [2.24, 2.45) is 0 Å². The lowest BCUT2D eigenvalue weighted by Gasteiger charge is -2.25. The maximum atomic E-state index is 11.8. The van der Waals surface area contributed by atoms with Crippen LogP contribution in [0.15, 0.2) is 0 Å². The van der Waals surface area contributed by atoms with Crippen molar-refractivity contribution in [1.82, 2.24) is 4.90 Å². The van der Waals surface area contributed by atoms with Crippen LogP contribution in [-0.2, 0) is 9.84 Å². The van der Waals surface area contributed by atoms with Crippen LogP contribution >= 0.6 is 11.6 Å². The zero-order valence-electron chi connectivity index (χ0n) is 10.2. The van der Waals surface area contributed by atoms with Gasteiger partial charge in [-0.1, -0.05) is 0 Å². The van der Waals surface area contributed by atoms with Gasteiger partial charge in [0.25, 0.3) is 0 Å². The molecule has 15 heavy (non-hydrogen) atoms. The highest BCUT2D eigenvalue weighted by molar-refractivity contribution is 7.92. The van der Waals surface area contributed by atoms with Crippen LogP contribution in [0.5, 0.6) is 0 Å². The summed E-state index contributed by atoms with van der Waals surface area (Å²) in [6, 6.07) is 0.210. The highest BCUT2D eigenvalue weighted by Gasteiger charge is 2.28. The quantitative estimate of drug-likeness (QED) is 0.703. The minimum absolute atomic E-state index is 0.189. The summed E-state index contributed by atoms with van der Waals surface area (Å²) in [4.78, 5) is 1.97. The predicted octanol–water partition coefficient (Wildman–Crippen LogP) is 1.76. The molecule has 0 fully saturated rings. The topological polar surface area (TPSA) is 37.4 Å². The third-order valence-electron chi connectivity index (χ3n) is 2.62. The number of halogens is 1. The molecule has 0 aromatic heterocycles. The van der Waals surface area contributed by atoms with E-state index in [1.165, 1.54) is 0 Å². The van der Waals surface area contributed by atoms with Gasteiger partial charge < -0.3 is 4.90 Å². The highest BCUT2D eigenvalue weighted by Crippen LogP contribution is 2.16. The summed E-state index contributed by atoms with van der Waals surface area (Å²) in [6.45, 7) is 7.71. The van der Waals surface area contributed by atoms with Crippen LogP contribution in [0, 0.1) is 0 Å². The van der Waals surface area contributed by atoms with Gasteiger partial charge in [-0.2, -0.15) is 0 Å². The number of sulfone groups is 1. The monoisotopic (exact) mass is 255 g/mol. The highest BCUT2D eigenvalue weighted by atomic mass is 35.5. The molecule has 0 bridgehead atoms. The molecule has 0 aliphatic heterocycles. The van der Waals surface area contributed by atoms with E-state index in [0.29, 0.717) is 12.4 Å². The van der Waals surface area contributed by atoms with Crippen molar-refractivity contribution in [3.63, 3.8) is 0 Å². The van der Waals surface area contributed by atoms with Gasteiger partial charge in [-0.05, 0) is 34.7 Å². The van der Waals surface area contributed by atoms with E-state index in [1.807, 2.05) is 18.9 Å².